The van der Waals surface area contributed by atoms with E-state index in [0.717, 1.165) is 36.5 Å². The van der Waals surface area contributed by atoms with Crippen LogP contribution in [0.1, 0.15) is 31.7 Å². The Morgan fingerprint density at radius 2 is 2.08 bits per heavy atom. The number of hydrogen-bond donors (Lipinski definition) is 1. The molecule has 0 spiro atoms. The Morgan fingerprint density at radius 3 is 2.88 bits per heavy atom. The maximum Gasteiger partial charge on any atom is 0.233 e. The highest BCUT2D eigenvalue weighted by Gasteiger charge is 2.35. The SMILES string of the molecule is CC1=CCC(=O)N2CC3=C(NCCC3)N(Cc3ccc(F)cc3)C2=N1. The van der Waals surface area contributed by atoms with Gasteiger partial charge in [0.05, 0.1) is 13.1 Å². The Balaban J connectivity index is 1.76. The van der Waals surface area contributed by atoms with Crippen LogP contribution in [0.3, 0.4) is 0 Å². The van der Waals surface area contributed by atoms with Gasteiger partial charge in [-0.3, -0.25) is 14.6 Å². The fraction of sp³-hybridized carbons (Fsp3) is 0.368. The monoisotopic (exact) mass is 340 g/mol. The van der Waals surface area contributed by atoms with E-state index in [-0.39, 0.29) is 11.7 Å². The summed E-state index contributed by atoms with van der Waals surface area (Å²) in [4.78, 5) is 21.1. The van der Waals surface area contributed by atoms with Crippen molar-refractivity contribution in [2.24, 2.45) is 4.99 Å². The van der Waals surface area contributed by atoms with Crippen LogP contribution in [0.2, 0.25) is 0 Å². The zero-order valence-corrected chi connectivity index (χ0v) is 14.3. The van der Waals surface area contributed by atoms with Crippen molar-refractivity contribution in [1.29, 1.82) is 0 Å². The summed E-state index contributed by atoms with van der Waals surface area (Å²) in [6.45, 7) is 3.97. The van der Waals surface area contributed by atoms with E-state index in [1.54, 1.807) is 17.0 Å². The number of aliphatic imine (C=N–C) groups is 1. The third-order valence-corrected chi connectivity index (χ3v) is 4.79. The molecule has 3 aliphatic rings. The van der Waals surface area contributed by atoms with Crippen LogP contribution < -0.4 is 5.32 Å². The van der Waals surface area contributed by atoms with Crippen molar-refractivity contribution < 1.29 is 9.18 Å². The van der Waals surface area contributed by atoms with Crippen molar-refractivity contribution in [3.63, 3.8) is 0 Å². The Morgan fingerprint density at radius 1 is 1.28 bits per heavy atom. The third-order valence-electron chi connectivity index (χ3n) is 4.79. The summed E-state index contributed by atoms with van der Waals surface area (Å²) in [6.07, 6.45) is 4.29. The van der Waals surface area contributed by atoms with Crippen molar-refractivity contribution in [2.75, 3.05) is 13.1 Å². The smallest absolute Gasteiger partial charge is 0.233 e. The third kappa shape index (κ3) is 3.04. The summed E-state index contributed by atoms with van der Waals surface area (Å²) >= 11 is 0. The Bertz CT molecular complexity index is 794. The minimum atomic E-state index is -0.250. The zero-order chi connectivity index (χ0) is 17.4. The number of nitrogens with one attached hydrogen (secondary N) is 1. The molecule has 0 radical (unpaired) electrons. The fourth-order valence-electron chi connectivity index (χ4n) is 3.49. The Hall–Kier alpha value is -2.63. The van der Waals surface area contributed by atoms with E-state index in [0.29, 0.717) is 25.5 Å². The number of allylic oxidation sites excluding steroid dienone is 1. The van der Waals surface area contributed by atoms with Crippen molar-refractivity contribution in [2.45, 2.75) is 32.7 Å². The minimum Gasteiger partial charge on any atom is -0.371 e. The largest absolute Gasteiger partial charge is 0.371 e. The van der Waals surface area contributed by atoms with Crippen molar-refractivity contribution in [3.8, 4) is 0 Å². The molecule has 3 aliphatic heterocycles. The normalized spacial score (nSPS) is 20.3. The van der Waals surface area contributed by atoms with E-state index >= 15 is 0 Å². The molecule has 0 aliphatic carbocycles. The molecule has 130 valence electrons. The summed E-state index contributed by atoms with van der Waals surface area (Å²) in [6, 6.07) is 6.48. The first-order valence-corrected chi connectivity index (χ1v) is 8.65. The highest BCUT2D eigenvalue weighted by molar-refractivity contribution is 6.00. The Labute approximate surface area is 146 Å². The lowest BCUT2D eigenvalue weighted by molar-refractivity contribution is -0.126. The maximum atomic E-state index is 13.2. The van der Waals surface area contributed by atoms with Crippen LogP contribution in [-0.2, 0) is 11.3 Å². The second-order valence-electron chi connectivity index (χ2n) is 6.64. The summed E-state index contributed by atoms with van der Waals surface area (Å²) < 4.78 is 13.2. The second kappa shape index (κ2) is 6.35. The van der Waals surface area contributed by atoms with Gasteiger partial charge >= 0.3 is 0 Å². The van der Waals surface area contributed by atoms with Gasteiger partial charge in [-0.25, -0.2) is 9.38 Å². The number of carbonyl (C=O) groups excluding carboxylic acids is 1. The lowest BCUT2D eigenvalue weighted by atomic mass is 10.0. The standard InChI is InChI=1S/C19H21FN4O/c1-13-4-9-17(25)23-12-15-3-2-10-21-18(15)24(19(23)22-13)11-14-5-7-16(20)8-6-14/h4-8,21H,2-3,9-12H2,1H3. The molecule has 1 N–H and O–H groups in total. The van der Waals surface area contributed by atoms with Gasteiger partial charge in [0.15, 0.2) is 0 Å². The van der Waals surface area contributed by atoms with Gasteiger partial charge < -0.3 is 5.32 Å². The summed E-state index contributed by atoms with van der Waals surface area (Å²) in [7, 11) is 0. The highest BCUT2D eigenvalue weighted by atomic mass is 19.1. The molecule has 5 nitrogen and oxygen atoms in total. The summed E-state index contributed by atoms with van der Waals surface area (Å²) in [5.74, 6) is 1.53. The molecule has 0 saturated heterocycles. The van der Waals surface area contributed by atoms with E-state index in [2.05, 4.69) is 10.2 Å². The summed E-state index contributed by atoms with van der Waals surface area (Å²) in [5.41, 5.74) is 3.05. The fourth-order valence-corrected chi connectivity index (χ4v) is 3.49. The van der Waals surface area contributed by atoms with Crippen LogP contribution in [0.15, 0.2) is 52.4 Å². The van der Waals surface area contributed by atoms with E-state index in [4.69, 9.17) is 4.99 Å². The number of hydrogen-bond acceptors (Lipinski definition) is 4. The number of nitrogens with zero attached hydrogens (tertiary/aromatic N) is 3. The van der Waals surface area contributed by atoms with E-state index in [1.165, 1.54) is 17.7 Å². The molecule has 0 aromatic heterocycles. The molecule has 1 aromatic carbocycles. The van der Waals surface area contributed by atoms with Crippen molar-refractivity contribution in [3.05, 3.63) is 58.8 Å². The molecule has 4 rings (SSSR count). The molecule has 6 heteroatoms. The first-order chi connectivity index (χ1) is 12.1. The lowest BCUT2D eigenvalue weighted by Gasteiger charge is -2.42. The van der Waals surface area contributed by atoms with Crippen molar-refractivity contribution >= 4 is 11.9 Å². The van der Waals surface area contributed by atoms with Crippen LogP contribution in [0.5, 0.6) is 0 Å². The quantitative estimate of drug-likeness (QED) is 0.900. The predicted octanol–water partition coefficient (Wildman–Crippen LogP) is 2.73. The van der Waals surface area contributed by atoms with Gasteiger partial charge in [-0.1, -0.05) is 18.2 Å². The average Bonchev–Trinajstić information content (AvgIpc) is 2.76. The van der Waals surface area contributed by atoms with Crippen LogP contribution in [0.25, 0.3) is 0 Å². The van der Waals surface area contributed by atoms with Gasteiger partial charge in [0.25, 0.3) is 0 Å². The molecule has 0 saturated carbocycles. The number of halogens is 1. The molecule has 1 amide bonds. The van der Waals surface area contributed by atoms with E-state index < -0.39 is 0 Å². The number of benzene rings is 1. The molecule has 1 aromatic rings. The number of carbonyl (C=O) groups is 1. The van der Waals surface area contributed by atoms with Gasteiger partial charge in [-0.05, 0) is 43.0 Å². The number of guanidine groups is 1. The Kier molecular flexibility index (Phi) is 4.03. The van der Waals surface area contributed by atoms with Gasteiger partial charge in [0.2, 0.25) is 11.9 Å². The molecular weight excluding hydrogens is 319 g/mol. The molecular formula is C19H21FN4O. The van der Waals surface area contributed by atoms with Crippen LogP contribution in [-0.4, -0.2) is 34.8 Å². The molecule has 0 fully saturated rings. The molecule has 0 atom stereocenters. The van der Waals surface area contributed by atoms with Gasteiger partial charge in [0.1, 0.15) is 11.6 Å². The first-order valence-electron chi connectivity index (χ1n) is 8.65. The minimum absolute atomic E-state index is 0.0665. The van der Waals surface area contributed by atoms with E-state index in [9.17, 15) is 9.18 Å². The molecule has 3 heterocycles. The van der Waals surface area contributed by atoms with Gasteiger partial charge in [-0.15, -0.1) is 0 Å². The van der Waals surface area contributed by atoms with Gasteiger partial charge in [-0.2, -0.15) is 0 Å². The van der Waals surface area contributed by atoms with Gasteiger partial charge in [0, 0.05) is 18.7 Å². The van der Waals surface area contributed by atoms with Crippen LogP contribution in [0, 0.1) is 5.82 Å². The molecule has 0 bridgehead atoms. The van der Waals surface area contributed by atoms with E-state index in [1.807, 2.05) is 13.0 Å². The zero-order valence-electron chi connectivity index (χ0n) is 14.3. The molecule has 0 unspecified atom stereocenters. The number of amides is 1. The van der Waals surface area contributed by atoms with Crippen LogP contribution in [0.4, 0.5) is 4.39 Å². The number of fused-ring (bicyclic) bond motifs is 1. The average molecular weight is 340 g/mol. The summed E-state index contributed by atoms with van der Waals surface area (Å²) in [5, 5.41) is 3.48. The first kappa shape index (κ1) is 15.9. The predicted molar refractivity (Wildman–Crippen MR) is 93.7 cm³/mol. The number of rotatable bonds is 2. The maximum absolute atomic E-state index is 13.2. The van der Waals surface area contributed by atoms with Crippen LogP contribution >= 0.6 is 0 Å². The molecule has 25 heavy (non-hydrogen) atoms. The topological polar surface area (TPSA) is 47.9 Å². The van der Waals surface area contributed by atoms with Crippen molar-refractivity contribution in [1.82, 2.24) is 15.1 Å². The second-order valence-corrected chi connectivity index (χ2v) is 6.64. The lowest BCUT2D eigenvalue weighted by Crippen LogP contribution is -2.54. The highest BCUT2D eigenvalue weighted by Crippen LogP contribution is 2.29.